The fraction of sp³-hybridized carbons (Fsp3) is 0.579. The summed E-state index contributed by atoms with van der Waals surface area (Å²) in [7, 11) is 0. The lowest BCUT2D eigenvalue weighted by molar-refractivity contribution is 0.104. The molecule has 0 atom stereocenters. The monoisotopic (exact) mass is 373 g/mol. The Hall–Kier alpha value is -1.73. The SMILES string of the molecule is Cc1cccc2nc(CNC(=O)N3CCN(C4CCSCC4)CC3)cn12. The van der Waals surface area contributed by atoms with Crippen LogP contribution in [-0.4, -0.2) is 68.9 Å². The van der Waals surface area contributed by atoms with Crippen molar-refractivity contribution >= 4 is 23.4 Å². The van der Waals surface area contributed by atoms with E-state index in [1.54, 1.807) is 0 Å². The Labute approximate surface area is 158 Å². The van der Waals surface area contributed by atoms with Gasteiger partial charge in [-0.15, -0.1) is 0 Å². The zero-order chi connectivity index (χ0) is 17.9. The van der Waals surface area contributed by atoms with Gasteiger partial charge in [0.25, 0.3) is 0 Å². The average molecular weight is 374 g/mol. The van der Waals surface area contributed by atoms with E-state index >= 15 is 0 Å². The van der Waals surface area contributed by atoms with Crippen molar-refractivity contribution in [3.05, 3.63) is 35.8 Å². The number of rotatable bonds is 3. The van der Waals surface area contributed by atoms with E-state index < -0.39 is 0 Å². The summed E-state index contributed by atoms with van der Waals surface area (Å²) < 4.78 is 2.06. The Bertz CT molecular complexity index is 762. The molecule has 7 heteroatoms. The minimum Gasteiger partial charge on any atom is -0.332 e. The van der Waals surface area contributed by atoms with Crippen LogP contribution in [0, 0.1) is 6.92 Å². The van der Waals surface area contributed by atoms with Crippen molar-refractivity contribution in [2.75, 3.05) is 37.7 Å². The minimum atomic E-state index is 0.0256. The molecule has 0 radical (unpaired) electrons. The number of imidazole rings is 1. The molecule has 1 N–H and O–H groups in total. The molecule has 0 saturated carbocycles. The number of piperazine rings is 1. The number of carbonyl (C=O) groups is 1. The normalized spacial score (nSPS) is 19.8. The number of pyridine rings is 1. The lowest BCUT2D eigenvalue weighted by Gasteiger charge is -2.40. The maximum absolute atomic E-state index is 12.5. The smallest absolute Gasteiger partial charge is 0.317 e. The Balaban J connectivity index is 1.28. The molecule has 0 unspecified atom stereocenters. The van der Waals surface area contributed by atoms with E-state index in [2.05, 4.69) is 44.4 Å². The van der Waals surface area contributed by atoms with Gasteiger partial charge in [0.15, 0.2) is 0 Å². The van der Waals surface area contributed by atoms with Crippen molar-refractivity contribution in [2.45, 2.75) is 32.4 Å². The summed E-state index contributed by atoms with van der Waals surface area (Å²) in [6.07, 6.45) is 4.60. The van der Waals surface area contributed by atoms with Crippen LogP contribution in [0.2, 0.25) is 0 Å². The number of thioether (sulfide) groups is 1. The highest BCUT2D eigenvalue weighted by Crippen LogP contribution is 2.22. The summed E-state index contributed by atoms with van der Waals surface area (Å²) in [6.45, 7) is 6.16. The van der Waals surface area contributed by atoms with Gasteiger partial charge in [0.2, 0.25) is 0 Å². The van der Waals surface area contributed by atoms with Gasteiger partial charge in [-0.3, -0.25) is 4.90 Å². The van der Waals surface area contributed by atoms with E-state index in [1.165, 1.54) is 24.3 Å². The van der Waals surface area contributed by atoms with Crippen LogP contribution >= 0.6 is 11.8 Å². The van der Waals surface area contributed by atoms with Gasteiger partial charge >= 0.3 is 6.03 Å². The van der Waals surface area contributed by atoms with E-state index in [0.717, 1.165) is 49.3 Å². The highest BCUT2D eigenvalue weighted by Gasteiger charge is 2.27. The van der Waals surface area contributed by atoms with E-state index in [1.807, 2.05) is 23.2 Å². The highest BCUT2D eigenvalue weighted by molar-refractivity contribution is 7.99. The molecule has 2 aromatic heterocycles. The number of amides is 2. The van der Waals surface area contributed by atoms with Gasteiger partial charge in [-0.1, -0.05) is 6.07 Å². The third-order valence-corrected chi connectivity index (χ3v) is 6.52. The van der Waals surface area contributed by atoms with E-state index in [0.29, 0.717) is 6.54 Å². The molecule has 2 aliphatic rings. The molecule has 140 valence electrons. The van der Waals surface area contributed by atoms with Gasteiger partial charge in [-0.2, -0.15) is 11.8 Å². The van der Waals surface area contributed by atoms with Crippen molar-refractivity contribution in [2.24, 2.45) is 0 Å². The molecule has 0 bridgehead atoms. The molecule has 26 heavy (non-hydrogen) atoms. The molecular formula is C19H27N5OS. The van der Waals surface area contributed by atoms with Crippen LogP contribution in [0.25, 0.3) is 5.65 Å². The van der Waals surface area contributed by atoms with Crippen LogP contribution in [0.4, 0.5) is 4.79 Å². The second-order valence-corrected chi connectivity index (χ2v) is 8.38. The van der Waals surface area contributed by atoms with Gasteiger partial charge < -0.3 is 14.6 Å². The van der Waals surface area contributed by atoms with Crippen molar-refractivity contribution in [3.8, 4) is 0 Å². The van der Waals surface area contributed by atoms with Gasteiger partial charge in [-0.05, 0) is 43.4 Å². The van der Waals surface area contributed by atoms with Crippen molar-refractivity contribution < 1.29 is 4.79 Å². The van der Waals surface area contributed by atoms with Crippen molar-refractivity contribution in [3.63, 3.8) is 0 Å². The number of aromatic nitrogens is 2. The second kappa shape index (κ2) is 7.88. The van der Waals surface area contributed by atoms with Crippen LogP contribution < -0.4 is 5.32 Å². The van der Waals surface area contributed by atoms with Gasteiger partial charge in [-0.25, -0.2) is 9.78 Å². The zero-order valence-electron chi connectivity index (χ0n) is 15.4. The van der Waals surface area contributed by atoms with E-state index in [4.69, 9.17) is 0 Å². The van der Waals surface area contributed by atoms with E-state index in [-0.39, 0.29) is 6.03 Å². The van der Waals surface area contributed by atoms with Gasteiger partial charge in [0.1, 0.15) is 5.65 Å². The predicted molar refractivity (Wildman–Crippen MR) is 106 cm³/mol. The molecule has 2 fully saturated rings. The highest BCUT2D eigenvalue weighted by atomic mass is 32.2. The summed E-state index contributed by atoms with van der Waals surface area (Å²) in [5.41, 5.74) is 2.96. The molecule has 2 amide bonds. The summed E-state index contributed by atoms with van der Waals surface area (Å²) in [5, 5.41) is 3.03. The van der Waals surface area contributed by atoms with Crippen molar-refractivity contribution in [1.82, 2.24) is 24.5 Å². The largest absolute Gasteiger partial charge is 0.332 e. The molecule has 0 spiro atoms. The maximum Gasteiger partial charge on any atom is 0.317 e. The Morgan fingerprint density at radius 2 is 2.00 bits per heavy atom. The van der Waals surface area contributed by atoms with Crippen LogP contribution in [0.3, 0.4) is 0 Å². The lowest BCUT2D eigenvalue weighted by atomic mass is 10.1. The fourth-order valence-electron chi connectivity index (χ4n) is 3.90. The van der Waals surface area contributed by atoms with Gasteiger partial charge in [0.05, 0.1) is 12.2 Å². The molecule has 2 saturated heterocycles. The summed E-state index contributed by atoms with van der Waals surface area (Å²) in [6, 6.07) is 6.80. The Morgan fingerprint density at radius 3 is 2.73 bits per heavy atom. The number of urea groups is 1. The van der Waals surface area contributed by atoms with Crippen LogP contribution in [0.1, 0.15) is 24.2 Å². The first-order valence-electron chi connectivity index (χ1n) is 9.49. The number of nitrogens with one attached hydrogen (secondary N) is 1. The number of carbonyl (C=O) groups excluding carboxylic acids is 1. The Morgan fingerprint density at radius 1 is 1.23 bits per heavy atom. The molecule has 6 nitrogen and oxygen atoms in total. The molecule has 2 aliphatic heterocycles. The van der Waals surface area contributed by atoms with Crippen LogP contribution in [0.5, 0.6) is 0 Å². The number of nitrogens with zero attached hydrogens (tertiary/aromatic N) is 4. The summed E-state index contributed by atoms with van der Waals surface area (Å²) >= 11 is 2.07. The maximum atomic E-state index is 12.5. The standard InChI is InChI=1S/C19H27N5OS/c1-15-3-2-4-18-21-16(14-24(15)18)13-20-19(25)23-9-7-22(8-10-23)17-5-11-26-12-6-17/h2-4,14,17H,5-13H2,1H3,(H,20,25). The topological polar surface area (TPSA) is 52.9 Å². The quantitative estimate of drug-likeness (QED) is 0.897. The molecule has 0 aromatic carbocycles. The lowest BCUT2D eigenvalue weighted by Crippen LogP contribution is -2.54. The first-order valence-corrected chi connectivity index (χ1v) is 10.6. The van der Waals surface area contributed by atoms with Gasteiger partial charge in [0, 0.05) is 44.1 Å². The number of hydrogen-bond donors (Lipinski definition) is 1. The second-order valence-electron chi connectivity index (χ2n) is 7.15. The van der Waals surface area contributed by atoms with Crippen LogP contribution in [-0.2, 0) is 6.54 Å². The minimum absolute atomic E-state index is 0.0256. The zero-order valence-corrected chi connectivity index (χ0v) is 16.2. The molecule has 4 heterocycles. The van der Waals surface area contributed by atoms with Crippen LogP contribution in [0.15, 0.2) is 24.4 Å². The third-order valence-electron chi connectivity index (χ3n) is 5.48. The first-order chi connectivity index (χ1) is 12.7. The summed E-state index contributed by atoms with van der Waals surface area (Å²) in [5.74, 6) is 2.56. The predicted octanol–water partition coefficient (Wildman–Crippen LogP) is 2.37. The average Bonchev–Trinajstić information content (AvgIpc) is 3.11. The fourth-order valence-corrected chi connectivity index (χ4v) is 4.98. The summed E-state index contributed by atoms with van der Waals surface area (Å²) in [4.78, 5) is 21.6. The molecule has 4 rings (SSSR count). The number of fused-ring (bicyclic) bond motifs is 1. The molecule has 0 aliphatic carbocycles. The van der Waals surface area contributed by atoms with E-state index in [9.17, 15) is 4.79 Å². The van der Waals surface area contributed by atoms with Crippen molar-refractivity contribution in [1.29, 1.82) is 0 Å². The molecule has 2 aromatic rings. The number of aryl methyl sites for hydroxylation is 1. The number of hydrogen-bond acceptors (Lipinski definition) is 4. The molecular weight excluding hydrogens is 346 g/mol. The Kier molecular flexibility index (Phi) is 5.36. The third kappa shape index (κ3) is 3.83. The first kappa shape index (κ1) is 17.7.